The SMILES string of the molecule is N#Cc1ccc(-n2c3ccccc3c3c(-c4ccc5c(c4)c4ccccc4n5-c4ccccc4)cccc32)c(C#N)c1-n1c2ccccc2c2ccccc21. The molecular weight excluding hydrogens is 671 g/mol. The van der Waals surface area contributed by atoms with Crippen LogP contribution in [0.3, 0.4) is 0 Å². The van der Waals surface area contributed by atoms with Gasteiger partial charge in [0.05, 0.1) is 50.0 Å². The van der Waals surface area contributed by atoms with Gasteiger partial charge in [-0.2, -0.15) is 10.5 Å². The Kier molecular flexibility index (Phi) is 6.61. The molecule has 0 atom stereocenters. The number of nitriles is 2. The second-order valence-corrected chi connectivity index (χ2v) is 13.9. The van der Waals surface area contributed by atoms with Crippen LogP contribution >= 0.6 is 0 Å². The average molecular weight is 700 g/mol. The van der Waals surface area contributed by atoms with Crippen molar-refractivity contribution in [3.05, 3.63) is 187 Å². The summed E-state index contributed by atoms with van der Waals surface area (Å²) in [6.45, 7) is 0. The topological polar surface area (TPSA) is 62.4 Å². The van der Waals surface area contributed by atoms with E-state index in [4.69, 9.17) is 0 Å². The predicted octanol–water partition coefficient (Wildman–Crippen LogP) is 12.4. The zero-order chi connectivity index (χ0) is 36.6. The maximum Gasteiger partial charge on any atom is 0.104 e. The summed E-state index contributed by atoms with van der Waals surface area (Å²) in [7, 11) is 0. The molecule has 3 heterocycles. The Bertz CT molecular complexity index is 3400. The van der Waals surface area contributed by atoms with E-state index in [2.05, 4.69) is 159 Å². The summed E-state index contributed by atoms with van der Waals surface area (Å²) in [4.78, 5) is 0. The highest BCUT2D eigenvalue weighted by Crippen LogP contribution is 2.43. The molecule has 55 heavy (non-hydrogen) atoms. The van der Waals surface area contributed by atoms with E-state index in [1.54, 1.807) is 0 Å². The van der Waals surface area contributed by atoms with E-state index >= 15 is 0 Å². The third-order valence-electron chi connectivity index (χ3n) is 11.1. The van der Waals surface area contributed by atoms with Crippen LogP contribution in [0.4, 0.5) is 0 Å². The Labute approximate surface area is 316 Å². The van der Waals surface area contributed by atoms with Crippen molar-refractivity contribution in [2.75, 3.05) is 0 Å². The van der Waals surface area contributed by atoms with Crippen molar-refractivity contribution in [3.63, 3.8) is 0 Å². The fourth-order valence-corrected chi connectivity index (χ4v) is 8.88. The maximum absolute atomic E-state index is 11.1. The third kappa shape index (κ3) is 4.33. The lowest BCUT2D eigenvalue weighted by Gasteiger charge is -2.17. The summed E-state index contributed by atoms with van der Waals surface area (Å²) in [5.74, 6) is 0. The molecule has 0 amide bonds. The molecule has 0 spiro atoms. The van der Waals surface area contributed by atoms with Crippen LogP contribution < -0.4 is 0 Å². The number of rotatable bonds is 4. The normalized spacial score (nSPS) is 11.6. The molecule has 0 radical (unpaired) electrons. The number of aromatic nitrogens is 3. The molecular formula is C50H29N5. The molecule has 0 N–H and O–H groups in total. The molecule has 0 aliphatic carbocycles. The number of nitrogens with zero attached hydrogens (tertiary/aromatic N) is 5. The quantitative estimate of drug-likeness (QED) is 0.184. The van der Waals surface area contributed by atoms with Gasteiger partial charge in [0.2, 0.25) is 0 Å². The second-order valence-electron chi connectivity index (χ2n) is 13.9. The van der Waals surface area contributed by atoms with Gasteiger partial charge in [0.25, 0.3) is 0 Å². The lowest BCUT2D eigenvalue weighted by Crippen LogP contribution is -2.06. The number of fused-ring (bicyclic) bond motifs is 9. The molecule has 5 heteroatoms. The zero-order valence-electron chi connectivity index (χ0n) is 29.5. The van der Waals surface area contributed by atoms with Gasteiger partial charge in [0.1, 0.15) is 17.7 Å². The van der Waals surface area contributed by atoms with Crippen molar-refractivity contribution in [3.8, 4) is 40.3 Å². The first kappa shape index (κ1) is 30.7. The van der Waals surface area contributed by atoms with Crippen molar-refractivity contribution < 1.29 is 0 Å². The van der Waals surface area contributed by atoms with Gasteiger partial charge in [-0.05, 0) is 77.9 Å². The molecule has 0 unspecified atom stereocenters. The van der Waals surface area contributed by atoms with Gasteiger partial charge in [-0.25, -0.2) is 0 Å². The number of para-hydroxylation sites is 5. The smallest absolute Gasteiger partial charge is 0.104 e. The van der Waals surface area contributed by atoms with Gasteiger partial charge in [0, 0.05) is 38.0 Å². The predicted molar refractivity (Wildman–Crippen MR) is 224 cm³/mol. The van der Waals surface area contributed by atoms with Gasteiger partial charge < -0.3 is 13.7 Å². The Hall–Kier alpha value is -7.86. The van der Waals surface area contributed by atoms with Gasteiger partial charge in [-0.3, -0.25) is 0 Å². The second kappa shape index (κ2) is 11.8. The van der Waals surface area contributed by atoms with Crippen LogP contribution in [-0.2, 0) is 0 Å². The van der Waals surface area contributed by atoms with Crippen molar-refractivity contribution in [1.82, 2.24) is 13.7 Å². The first-order valence-corrected chi connectivity index (χ1v) is 18.3. The highest BCUT2D eigenvalue weighted by atomic mass is 15.0. The van der Waals surface area contributed by atoms with E-state index in [1.165, 1.54) is 16.3 Å². The number of benzene rings is 8. The lowest BCUT2D eigenvalue weighted by atomic mass is 9.98. The Morgan fingerprint density at radius 1 is 0.382 bits per heavy atom. The third-order valence-corrected chi connectivity index (χ3v) is 11.1. The summed E-state index contributed by atoms with van der Waals surface area (Å²) in [5, 5.41) is 28.4. The largest absolute Gasteiger partial charge is 0.309 e. The maximum atomic E-state index is 11.1. The van der Waals surface area contributed by atoms with Crippen molar-refractivity contribution >= 4 is 65.4 Å². The molecule has 11 aromatic rings. The van der Waals surface area contributed by atoms with E-state index in [0.29, 0.717) is 16.8 Å². The molecule has 11 rings (SSSR count). The van der Waals surface area contributed by atoms with Gasteiger partial charge in [-0.15, -0.1) is 0 Å². The van der Waals surface area contributed by atoms with Crippen LogP contribution in [-0.4, -0.2) is 13.7 Å². The first-order valence-electron chi connectivity index (χ1n) is 18.3. The summed E-state index contributed by atoms with van der Waals surface area (Å²) >= 11 is 0. The minimum atomic E-state index is 0.439. The van der Waals surface area contributed by atoms with E-state index in [1.807, 2.05) is 42.5 Å². The van der Waals surface area contributed by atoms with Crippen molar-refractivity contribution in [2.45, 2.75) is 0 Å². The molecule has 254 valence electrons. The highest BCUT2D eigenvalue weighted by Gasteiger charge is 2.24. The minimum Gasteiger partial charge on any atom is -0.309 e. The summed E-state index contributed by atoms with van der Waals surface area (Å²) < 4.78 is 6.63. The van der Waals surface area contributed by atoms with Gasteiger partial charge in [0.15, 0.2) is 0 Å². The monoisotopic (exact) mass is 699 g/mol. The summed E-state index contributed by atoms with van der Waals surface area (Å²) in [6, 6.07) is 65.9. The van der Waals surface area contributed by atoms with Gasteiger partial charge in [-0.1, -0.05) is 109 Å². The Morgan fingerprint density at radius 3 is 1.58 bits per heavy atom. The van der Waals surface area contributed by atoms with E-state index in [0.717, 1.165) is 71.6 Å². The minimum absolute atomic E-state index is 0.439. The van der Waals surface area contributed by atoms with E-state index < -0.39 is 0 Å². The van der Waals surface area contributed by atoms with E-state index in [9.17, 15) is 10.5 Å². The van der Waals surface area contributed by atoms with Crippen molar-refractivity contribution in [1.29, 1.82) is 10.5 Å². The van der Waals surface area contributed by atoms with Crippen LogP contribution in [0.25, 0.3) is 93.6 Å². The highest BCUT2D eigenvalue weighted by molar-refractivity contribution is 6.18. The Balaban J connectivity index is 1.19. The summed E-state index contributed by atoms with van der Waals surface area (Å²) in [5.41, 5.74) is 11.7. The van der Waals surface area contributed by atoms with Crippen LogP contribution in [0.1, 0.15) is 11.1 Å². The molecule has 0 aliphatic heterocycles. The fraction of sp³-hybridized carbons (Fsp3) is 0. The standard InChI is InChI=1S/C50H29N5/c51-30-33-26-28-47(41(31-52)50(33)55-43-21-9-4-15-36(43)37-16-5-10-22-44(37)55)54-45-23-11-7-18-39(45)49-35(19-12-24-48(49)54)32-25-27-46-40(29-32)38-17-6-8-20-42(38)53(46)34-13-2-1-3-14-34/h1-29H. The average Bonchev–Trinajstić information content (AvgIpc) is 3.89. The van der Waals surface area contributed by atoms with Crippen molar-refractivity contribution in [2.24, 2.45) is 0 Å². The Morgan fingerprint density at radius 2 is 0.927 bits per heavy atom. The number of hydrogen-bond acceptors (Lipinski definition) is 2. The molecule has 0 saturated heterocycles. The fourth-order valence-electron chi connectivity index (χ4n) is 8.88. The van der Waals surface area contributed by atoms with Crippen LogP contribution in [0, 0.1) is 22.7 Å². The van der Waals surface area contributed by atoms with Crippen LogP contribution in [0.5, 0.6) is 0 Å². The lowest BCUT2D eigenvalue weighted by molar-refractivity contribution is 1.11. The molecule has 0 fully saturated rings. The molecule has 0 aliphatic rings. The zero-order valence-corrected chi connectivity index (χ0v) is 29.5. The first-order chi connectivity index (χ1) is 27.2. The molecule has 3 aromatic heterocycles. The van der Waals surface area contributed by atoms with Gasteiger partial charge >= 0.3 is 0 Å². The van der Waals surface area contributed by atoms with Crippen LogP contribution in [0.2, 0.25) is 0 Å². The van der Waals surface area contributed by atoms with E-state index in [-0.39, 0.29) is 0 Å². The number of hydrogen-bond donors (Lipinski definition) is 0. The molecule has 0 saturated carbocycles. The molecule has 8 aromatic carbocycles. The summed E-state index contributed by atoms with van der Waals surface area (Å²) in [6.07, 6.45) is 0. The van der Waals surface area contributed by atoms with Crippen LogP contribution in [0.15, 0.2) is 176 Å². The molecule has 5 nitrogen and oxygen atoms in total. The molecule has 0 bridgehead atoms.